The molecular weight excluding hydrogens is 410 g/mol. The van der Waals surface area contributed by atoms with Gasteiger partial charge in [0.25, 0.3) is 0 Å². The molecule has 0 saturated carbocycles. The molecule has 2 aromatic rings. The van der Waals surface area contributed by atoms with Crippen LogP contribution in [0, 0.1) is 0 Å². The van der Waals surface area contributed by atoms with Crippen molar-refractivity contribution < 1.29 is 0 Å². The van der Waals surface area contributed by atoms with Crippen LogP contribution in [0.4, 0.5) is 5.82 Å². The third kappa shape index (κ3) is 4.10. The van der Waals surface area contributed by atoms with Crippen LogP contribution in [-0.2, 0) is 0 Å². The topological polar surface area (TPSA) is 68.2 Å². The first-order valence-electron chi connectivity index (χ1n) is 9.35. The van der Waals surface area contributed by atoms with E-state index in [1.165, 1.54) is 16.9 Å². The van der Waals surface area contributed by atoms with E-state index >= 15 is 0 Å². The van der Waals surface area contributed by atoms with E-state index in [1.807, 2.05) is 20.0 Å². The minimum atomic E-state index is 0.388. The van der Waals surface area contributed by atoms with Gasteiger partial charge < -0.3 is 11.1 Å². The van der Waals surface area contributed by atoms with Crippen molar-refractivity contribution >= 4 is 44.7 Å². The number of nitrogen functional groups attached to an aromatic ring is 1. The predicted molar refractivity (Wildman–Crippen MR) is 118 cm³/mol. The molecular formula is C19H30BrN5S. The number of piperidine rings is 1. The van der Waals surface area contributed by atoms with Gasteiger partial charge in [-0.25, -0.2) is 4.98 Å². The molecule has 144 valence electrons. The fourth-order valence-corrected chi connectivity index (χ4v) is 4.42. The second kappa shape index (κ2) is 9.76. The minimum Gasteiger partial charge on any atom is -0.383 e. The summed E-state index contributed by atoms with van der Waals surface area (Å²) >= 11 is 5.42. The molecule has 0 radical (unpaired) electrons. The Bertz CT molecular complexity index is 778. The van der Waals surface area contributed by atoms with Crippen molar-refractivity contribution in [1.82, 2.24) is 19.9 Å². The molecule has 3 rings (SSSR count). The van der Waals surface area contributed by atoms with Crippen LogP contribution >= 0.6 is 27.7 Å². The van der Waals surface area contributed by atoms with Gasteiger partial charge >= 0.3 is 0 Å². The Balaban J connectivity index is 0.00000117. The molecule has 0 amide bonds. The number of aromatic nitrogens is 3. The van der Waals surface area contributed by atoms with Crippen molar-refractivity contribution in [3.63, 3.8) is 0 Å². The zero-order valence-corrected chi connectivity index (χ0v) is 18.8. The van der Waals surface area contributed by atoms with E-state index in [0.717, 1.165) is 47.3 Å². The molecule has 3 N–H and O–H groups in total. The van der Waals surface area contributed by atoms with Gasteiger partial charge in [-0.1, -0.05) is 20.8 Å². The molecule has 26 heavy (non-hydrogen) atoms. The minimum absolute atomic E-state index is 0.388. The Hall–Kier alpha value is -1.05. The number of fused-ring (bicyclic) bond motifs is 1. The molecule has 1 saturated heterocycles. The van der Waals surface area contributed by atoms with Crippen LogP contribution in [0.2, 0.25) is 0 Å². The van der Waals surface area contributed by atoms with Gasteiger partial charge in [0.15, 0.2) is 5.65 Å². The Morgan fingerprint density at radius 3 is 2.77 bits per heavy atom. The number of nitrogens with one attached hydrogen (secondary N) is 1. The summed E-state index contributed by atoms with van der Waals surface area (Å²) in [5, 5.41) is 7.95. The number of thioether (sulfide) groups is 1. The van der Waals surface area contributed by atoms with Crippen LogP contribution in [0.3, 0.4) is 0 Å². The molecule has 0 bridgehead atoms. The largest absolute Gasteiger partial charge is 0.383 e. The molecule has 7 heteroatoms. The molecule has 0 aliphatic carbocycles. The van der Waals surface area contributed by atoms with Crippen molar-refractivity contribution in [3.05, 3.63) is 26.8 Å². The maximum absolute atomic E-state index is 6.36. The molecule has 1 fully saturated rings. The smallest absolute Gasteiger partial charge is 0.165 e. The summed E-state index contributed by atoms with van der Waals surface area (Å²) in [6.45, 7) is 10.4. The lowest BCUT2D eigenvalue weighted by Crippen LogP contribution is -2.29. The summed E-state index contributed by atoms with van der Waals surface area (Å²) in [4.78, 5) is 6.30. The molecule has 3 heterocycles. The van der Waals surface area contributed by atoms with Crippen molar-refractivity contribution in [3.8, 4) is 0 Å². The first kappa shape index (κ1) is 21.3. The average Bonchev–Trinajstić information content (AvgIpc) is 3.11. The third-order valence-corrected chi connectivity index (χ3v) is 6.41. The van der Waals surface area contributed by atoms with E-state index in [-0.39, 0.29) is 0 Å². The molecule has 0 aromatic carbocycles. The summed E-state index contributed by atoms with van der Waals surface area (Å²) < 4.78 is 2.63. The monoisotopic (exact) mass is 439 g/mol. The van der Waals surface area contributed by atoms with Gasteiger partial charge in [0.2, 0.25) is 0 Å². The average molecular weight is 440 g/mol. The van der Waals surface area contributed by atoms with Gasteiger partial charge in [0.05, 0.1) is 16.4 Å². The van der Waals surface area contributed by atoms with E-state index in [1.54, 1.807) is 16.3 Å². The second-order valence-corrected chi connectivity index (χ2v) is 7.94. The predicted octanol–water partition coefficient (Wildman–Crippen LogP) is 5.07. The molecule has 5 nitrogen and oxygen atoms in total. The number of hydrogen-bond donors (Lipinski definition) is 2. The Kier molecular flexibility index (Phi) is 7.98. The van der Waals surface area contributed by atoms with Gasteiger partial charge in [-0.3, -0.25) is 0 Å². The Morgan fingerprint density at radius 2 is 2.19 bits per heavy atom. The highest BCUT2D eigenvalue weighted by Gasteiger charge is 2.24. The van der Waals surface area contributed by atoms with Crippen LogP contribution in [0.15, 0.2) is 15.6 Å². The van der Waals surface area contributed by atoms with Gasteiger partial charge in [-0.05, 0) is 65.4 Å². The first-order valence-corrected chi connectivity index (χ1v) is 11.4. The van der Waals surface area contributed by atoms with E-state index < -0.39 is 0 Å². The molecule has 1 aliphatic rings. The van der Waals surface area contributed by atoms with Crippen LogP contribution in [0.25, 0.3) is 11.2 Å². The summed E-state index contributed by atoms with van der Waals surface area (Å²) in [5.74, 6) is 1.02. The lowest BCUT2D eigenvalue weighted by atomic mass is 9.95. The van der Waals surface area contributed by atoms with Crippen LogP contribution < -0.4 is 11.1 Å². The summed E-state index contributed by atoms with van der Waals surface area (Å²) in [7, 11) is 0. The molecule has 1 unspecified atom stereocenters. The molecule has 2 aromatic heterocycles. The standard InChI is InChI=1S/C17H24BrN5S.C2H6/c1-4-12(10(2)24-3)13-9-21-23-16(19)14(18)15(22-17(13)23)11-6-5-7-20-8-11;1-2/h9,11,20H,4-8,19H2,1-3H3;1-2H3/b12-10+;. The summed E-state index contributed by atoms with van der Waals surface area (Å²) in [6.07, 6.45) is 7.26. The fraction of sp³-hybridized carbons (Fsp3) is 0.579. The van der Waals surface area contributed by atoms with Crippen molar-refractivity contribution in [2.75, 3.05) is 25.1 Å². The highest BCUT2D eigenvalue weighted by atomic mass is 79.9. The molecule has 1 aliphatic heterocycles. The number of nitrogens with zero attached hydrogens (tertiary/aromatic N) is 3. The number of halogens is 1. The van der Waals surface area contributed by atoms with Gasteiger partial charge in [-0.2, -0.15) is 9.61 Å². The molecule has 1 atom stereocenters. The number of rotatable bonds is 4. The van der Waals surface area contributed by atoms with E-state index in [4.69, 9.17) is 10.7 Å². The maximum atomic E-state index is 6.36. The lowest BCUT2D eigenvalue weighted by Gasteiger charge is -2.24. The van der Waals surface area contributed by atoms with Crippen molar-refractivity contribution in [2.45, 2.75) is 52.9 Å². The zero-order chi connectivity index (χ0) is 19.3. The lowest BCUT2D eigenvalue weighted by molar-refractivity contribution is 0.453. The van der Waals surface area contributed by atoms with Crippen LogP contribution in [-0.4, -0.2) is 33.9 Å². The second-order valence-electron chi connectivity index (χ2n) is 6.13. The van der Waals surface area contributed by atoms with E-state index in [9.17, 15) is 0 Å². The number of allylic oxidation sites excluding steroid dienone is 2. The maximum Gasteiger partial charge on any atom is 0.165 e. The number of anilines is 1. The van der Waals surface area contributed by atoms with Gasteiger partial charge in [-0.15, -0.1) is 11.8 Å². The van der Waals surface area contributed by atoms with Crippen molar-refractivity contribution in [1.29, 1.82) is 0 Å². The third-order valence-electron chi connectivity index (χ3n) is 4.74. The molecule has 0 spiro atoms. The Morgan fingerprint density at radius 1 is 1.46 bits per heavy atom. The quantitative estimate of drug-likeness (QED) is 0.695. The highest BCUT2D eigenvalue weighted by Crippen LogP contribution is 2.36. The normalized spacial score (nSPS) is 18.3. The number of hydrogen-bond acceptors (Lipinski definition) is 5. The summed E-state index contributed by atoms with van der Waals surface area (Å²) in [6, 6.07) is 0. The van der Waals surface area contributed by atoms with Crippen molar-refractivity contribution in [2.24, 2.45) is 0 Å². The van der Waals surface area contributed by atoms with E-state index in [0.29, 0.717) is 11.7 Å². The van der Waals surface area contributed by atoms with E-state index in [2.05, 4.69) is 46.4 Å². The summed E-state index contributed by atoms with van der Waals surface area (Å²) in [5.41, 5.74) is 10.7. The SMILES string of the molecule is CC.CC/C(=C(/C)SC)c1cnn2c(N)c(Br)c(C3CCCNC3)nc12. The number of nitrogens with two attached hydrogens (primary N) is 1. The van der Waals surface area contributed by atoms with Gasteiger partial charge in [0, 0.05) is 18.0 Å². The highest BCUT2D eigenvalue weighted by molar-refractivity contribution is 9.10. The van der Waals surface area contributed by atoms with Crippen LogP contribution in [0.1, 0.15) is 64.1 Å². The van der Waals surface area contributed by atoms with Crippen LogP contribution in [0.5, 0.6) is 0 Å². The first-order chi connectivity index (χ1) is 12.6. The fourth-order valence-electron chi connectivity index (χ4n) is 3.33. The zero-order valence-electron chi connectivity index (χ0n) is 16.4. The Labute approximate surface area is 169 Å². The van der Waals surface area contributed by atoms with Gasteiger partial charge in [0.1, 0.15) is 5.82 Å².